The van der Waals surface area contributed by atoms with E-state index in [0.29, 0.717) is 12.5 Å². The quantitative estimate of drug-likeness (QED) is 0.705. The van der Waals surface area contributed by atoms with Crippen molar-refractivity contribution in [1.82, 2.24) is 0 Å². The van der Waals surface area contributed by atoms with E-state index >= 15 is 0 Å². The van der Waals surface area contributed by atoms with Gasteiger partial charge in [-0.2, -0.15) is 0 Å². The number of rotatable bonds is 7. The molecule has 0 N–H and O–H groups in total. The SMILES string of the molecule is C=C(OCl)N(c1c(C)cccc1CC)C(C)COC. The molecule has 4 heteroatoms. The molecule has 0 bridgehead atoms. The molecule has 1 unspecified atom stereocenters. The molecular weight excluding hydrogens is 262 g/mol. The highest BCUT2D eigenvalue weighted by Gasteiger charge is 2.22. The third-order valence-electron chi connectivity index (χ3n) is 3.15. The van der Waals surface area contributed by atoms with Crippen LogP contribution in [0.1, 0.15) is 25.0 Å². The van der Waals surface area contributed by atoms with Crippen LogP contribution >= 0.6 is 11.9 Å². The van der Waals surface area contributed by atoms with Crippen LogP contribution in [0, 0.1) is 6.92 Å². The van der Waals surface area contributed by atoms with Crippen molar-refractivity contribution in [3.8, 4) is 0 Å². The average molecular weight is 284 g/mol. The Morgan fingerprint density at radius 1 is 1.47 bits per heavy atom. The van der Waals surface area contributed by atoms with Crippen LogP contribution in [0.25, 0.3) is 0 Å². The van der Waals surface area contributed by atoms with Crippen LogP contribution < -0.4 is 4.90 Å². The molecule has 0 aliphatic heterocycles. The summed E-state index contributed by atoms with van der Waals surface area (Å²) in [6, 6.07) is 6.32. The summed E-state index contributed by atoms with van der Waals surface area (Å²) in [5.41, 5.74) is 3.50. The number of aryl methyl sites for hydroxylation is 2. The number of hydrogen-bond donors (Lipinski definition) is 0. The standard InChI is InChI=1S/C15H22ClNO2/c1-6-14-9-7-8-11(2)15(14)17(13(4)19-16)12(3)10-18-5/h7-9,12H,4,6,10H2,1-3,5H3. The van der Waals surface area contributed by atoms with Gasteiger partial charge in [-0.3, -0.25) is 0 Å². The Kier molecular flexibility index (Phi) is 6.19. The van der Waals surface area contributed by atoms with Crippen LogP contribution in [0.4, 0.5) is 5.69 Å². The van der Waals surface area contributed by atoms with E-state index in [1.807, 2.05) is 4.90 Å². The topological polar surface area (TPSA) is 21.7 Å². The Morgan fingerprint density at radius 2 is 2.16 bits per heavy atom. The van der Waals surface area contributed by atoms with Gasteiger partial charge < -0.3 is 13.9 Å². The van der Waals surface area contributed by atoms with Crippen molar-refractivity contribution in [2.75, 3.05) is 18.6 Å². The largest absolute Gasteiger partial charge is 0.383 e. The maximum absolute atomic E-state index is 5.51. The summed E-state index contributed by atoms with van der Waals surface area (Å²) < 4.78 is 10.1. The molecule has 1 atom stereocenters. The van der Waals surface area contributed by atoms with Gasteiger partial charge >= 0.3 is 0 Å². The molecule has 0 heterocycles. The maximum atomic E-state index is 5.51. The van der Waals surface area contributed by atoms with E-state index in [0.717, 1.165) is 17.7 Å². The number of ether oxygens (including phenoxy) is 1. The molecule has 1 aromatic carbocycles. The molecule has 3 nitrogen and oxygen atoms in total. The molecule has 0 fully saturated rings. The van der Waals surface area contributed by atoms with Crippen LogP contribution in [0.3, 0.4) is 0 Å². The average Bonchev–Trinajstić information content (AvgIpc) is 2.40. The van der Waals surface area contributed by atoms with Gasteiger partial charge in [0.2, 0.25) is 5.88 Å². The van der Waals surface area contributed by atoms with Gasteiger partial charge in [-0.1, -0.05) is 25.1 Å². The maximum Gasteiger partial charge on any atom is 0.211 e. The number of halogens is 1. The number of para-hydroxylation sites is 1. The van der Waals surface area contributed by atoms with Gasteiger partial charge in [-0.05, 0) is 38.0 Å². The second-order valence-corrected chi connectivity index (χ2v) is 4.74. The monoisotopic (exact) mass is 283 g/mol. The van der Waals surface area contributed by atoms with E-state index in [-0.39, 0.29) is 6.04 Å². The Labute approximate surface area is 120 Å². The molecule has 19 heavy (non-hydrogen) atoms. The zero-order chi connectivity index (χ0) is 14.4. The Morgan fingerprint density at radius 3 is 2.68 bits per heavy atom. The van der Waals surface area contributed by atoms with E-state index in [1.165, 1.54) is 5.56 Å². The lowest BCUT2D eigenvalue weighted by molar-refractivity contribution is 0.180. The van der Waals surface area contributed by atoms with Crippen LogP contribution in [-0.4, -0.2) is 19.8 Å². The van der Waals surface area contributed by atoms with E-state index in [4.69, 9.17) is 20.9 Å². The van der Waals surface area contributed by atoms with Crippen molar-refractivity contribution in [3.63, 3.8) is 0 Å². The highest BCUT2D eigenvalue weighted by molar-refractivity contribution is 6.08. The summed E-state index contributed by atoms with van der Waals surface area (Å²) in [5.74, 6) is 0.412. The minimum Gasteiger partial charge on any atom is -0.383 e. The molecule has 0 aromatic heterocycles. The molecule has 0 saturated heterocycles. The van der Waals surface area contributed by atoms with Crippen molar-refractivity contribution < 1.29 is 9.03 Å². The van der Waals surface area contributed by atoms with E-state index < -0.39 is 0 Å². The number of methoxy groups -OCH3 is 1. The van der Waals surface area contributed by atoms with Crippen LogP contribution in [-0.2, 0) is 15.4 Å². The Bertz CT molecular complexity index is 434. The first-order chi connectivity index (χ1) is 9.06. The summed E-state index contributed by atoms with van der Waals surface area (Å²) in [5, 5.41) is 0. The normalized spacial score (nSPS) is 12.1. The molecule has 0 radical (unpaired) electrons. The molecule has 1 rings (SSSR count). The number of anilines is 1. The first kappa shape index (κ1) is 15.9. The number of benzene rings is 1. The minimum atomic E-state index is 0.0858. The zero-order valence-corrected chi connectivity index (χ0v) is 12.8. The fourth-order valence-corrected chi connectivity index (χ4v) is 2.37. The minimum absolute atomic E-state index is 0.0858. The number of nitrogens with zero attached hydrogens (tertiary/aromatic N) is 1. The van der Waals surface area contributed by atoms with Gasteiger partial charge in [0.25, 0.3) is 0 Å². The smallest absolute Gasteiger partial charge is 0.211 e. The lowest BCUT2D eigenvalue weighted by Crippen LogP contribution is -2.36. The predicted molar refractivity (Wildman–Crippen MR) is 80.5 cm³/mol. The van der Waals surface area contributed by atoms with E-state index in [9.17, 15) is 0 Å². The molecular formula is C15H22ClNO2. The van der Waals surface area contributed by atoms with Gasteiger partial charge in [0, 0.05) is 7.11 Å². The summed E-state index contributed by atoms with van der Waals surface area (Å²) in [7, 11) is 1.68. The third kappa shape index (κ3) is 3.64. The highest BCUT2D eigenvalue weighted by atomic mass is 35.5. The first-order valence-corrected chi connectivity index (χ1v) is 6.71. The molecule has 0 aliphatic rings. The molecule has 0 aliphatic carbocycles. The van der Waals surface area contributed by atoms with E-state index in [1.54, 1.807) is 7.11 Å². The Hall–Kier alpha value is -1.19. The zero-order valence-electron chi connectivity index (χ0n) is 12.1. The second-order valence-electron chi connectivity index (χ2n) is 4.58. The lowest BCUT2D eigenvalue weighted by Gasteiger charge is -2.33. The summed E-state index contributed by atoms with van der Waals surface area (Å²) in [6.45, 7) is 10.7. The third-order valence-corrected chi connectivity index (χ3v) is 3.33. The van der Waals surface area contributed by atoms with Crippen LogP contribution in [0.2, 0.25) is 0 Å². The fourth-order valence-electron chi connectivity index (χ4n) is 2.29. The van der Waals surface area contributed by atoms with Crippen LogP contribution in [0.5, 0.6) is 0 Å². The molecule has 1 aromatic rings. The molecule has 106 valence electrons. The fraction of sp³-hybridized carbons (Fsp3) is 0.467. The van der Waals surface area contributed by atoms with Gasteiger partial charge in [0.1, 0.15) is 11.9 Å². The van der Waals surface area contributed by atoms with Crippen molar-refractivity contribution in [3.05, 3.63) is 41.8 Å². The summed E-state index contributed by atoms with van der Waals surface area (Å²) in [6.07, 6.45) is 0.933. The lowest BCUT2D eigenvalue weighted by atomic mass is 10.0. The predicted octanol–water partition coefficient (Wildman–Crippen LogP) is 4.04. The molecule has 0 spiro atoms. The van der Waals surface area contributed by atoms with Crippen molar-refractivity contribution >= 4 is 17.6 Å². The second kappa shape index (κ2) is 7.41. The van der Waals surface area contributed by atoms with Crippen molar-refractivity contribution in [2.24, 2.45) is 0 Å². The van der Waals surface area contributed by atoms with Gasteiger partial charge in [-0.15, -0.1) is 0 Å². The number of hydrogen-bond acceptors (Lipinski definition) is 3. The first-order valence-electron chi connectivity index (χ1n) is 6.40. The van der Waals surface area contributed by atoms with Gasteiger partial charge in [0.05, 0.1) is 18.3 Å². The molecule has 0 saturated carbocycles. The Balaban J connectivity index is 3.28. The summed E-state index contributed by atoms with van der Waals surface area (Å²) >= 11 is 5.51. The highest BCUT2D eigenvalue weighted by Crippen LogP contribution is 2.31. The molecule has 0 amide bonds. The van der Waals surface area contributed by atoms with E-state index in [2.05, 4.69) is 45.5 Å². The summed E-state index contributed by atoms with van der Waals surface area (Å²) in [4.78, 5) is 1.99. The van der Waals surface area contributed by atoms with Crippen molar-refractivity contribution in [2.45, 2.75) is 33.2 Å². The van der Waals surface area contributed by atoms with Gasteiger partial charge in [0.15, 0.2) is 0 Å². The van der Waals surface area contributed by atoms with Gasteiger partial charge in [-0.25, -0.2) is 0 Å². The van der Waals surface area contributed by atoms with Crippen LogP contribution in [0.15, 0.2) is 30.7 Å². The van der Waals surface area contributed by atoms with Crippen molar-refractivity contribution in [1.29, 1.82) is 0 Å².